The van der Waals surface area contributed by atoms with Crippen LogP contribution in [0.1, 0.15) is 56.9 Å². The summed E-state index contributed by atoms with van der Waals surface area (Å²) in [7, 11) is 0. The van der Waals surface area contributed by atoms with E-state index < -0.39 is 48.4 Å². The van der Waals surface area contributed by atoms with Crippen LogP contribution >= 0.6 is 11.6 Å². The van der Waals surface area contributed by atoms with Crippen LogP contribution in [0, 0.1) is 0 Å². The van der Waals surface area contributed by atoms with Crippen LogP contribution in [0.25, 0.3) is 0 Å². The van der Waals surface area contributed by atoms with Crippen LogP contribution in [0.4, 0.5) is 0 Å². The molecular weight excluding hydrogens is 476 g/mol. The van der Waals surface area contributed by atoms with Gasteiger partial charge < -0.3 is 24.1 Å². The maximum Gasteiger partial charge on any atom is 0.303 e. The van der Waals surface area contributed by atoms with Crippen LogP contribution in [-0.2, 0) is 39.8 Å². The third-order valence-corrected chi connectivity index (χ3v) is 6.04. The number of halogens is 1. The standard InChI is InChI=1S/C26H29ClO8/c1-5-22-24(32-14(2)28)26(34-16(4)30)25(33-15(3)29)23(35-22)18-8-11-21(27)19(13-18)12-17-6-9-20(31)10-7-17/h6-11,13,22-26,31H,5,12H2,1-4H3/t22-,23+,24-,25+,26+/m1/s1. The van der Waals surface area contributed by atoms with Gasteiger partial charge in [0.15, 0.2) is 18.3 Å². The Morgan fingerprint density at radius 1 is 0.886 bits per heavy atom. The monoisotopic (exact) mass is 504 g/mol. The van der Waals surface area contributed by atoms with Gasteiger partial charge in [0.05, 0.1) is 6.10 Å². The lowest BCUT2D eigenvalue weighted by molar-refractivity contribution is -0.249. The van der Waals surface area contributed by atoms with Gasteiger partial charge in [-0.05, 0) is 47.7 Å². The van der Waals surface area contributed by atoms with Crippen molar-refractivity contribution in [2.24, 2.45) is 0 Å². The molecule has 1 saturated heterocycles. The van der Waals surface area contributed by atoms with E-state index in [9.17, 15) is 19.5 Å². The summed E-state index contributed by atoms with van der Waals surface area (Å²) in [6.07, 6.45) is -3.57. The second-order valence-corrected chi connectivity index (χ2v) is 8.83. The summed E-state index contributed by atoms with van der Waals surface area (Å²) in [5, 5.41) is 10.1. The number of carbonyl (C=O) groups excluding carboxylic acids is 3. The highest BCUT2D eigenvalue weighted by Crippen LogP contribution is 2.39. The molecule has 0 spiro atoms. The molecule has 0 aromatic heterocycles. The second-order valence-electron chi connectivity index (χ2n) is 8.42. The molecule has 0 saturated carbocycles. The van der Waals surface area contributed by atoms with Crippen molar-refractivity contribution in [3.05, 3.63) is 64.2 Å². The molecule has 8 nitrogen and oxygen atoms in total. The van der Waals surface area contributed by atoms with Crippen molar-refractivity contribution in [1.82, 2.24) is 0 Å². The van der Waals surface area contributed by atoms with E-state index in [-0.39, 0.29) is 5.75 Å². The van der Waals surface area contributed by atoms with Gasteiger partial charge in [0.1, 0.15) is 11.9 Å². The Balaban J connectivity index is 2.03. The van der Waals surface area contributed by atoms with Crippen LogP contribution in [-0.4, -0.2) is 47.4 Å². The summed E-state index contributed by atoms with van der Waals surface area (Å²) in [4.78, 5) is 35.8. The number of carbonyl (C=O) groups is 3. The Morgan fingerprint density at radius 2 is 1.46 bits per heavy atom. The highest BCUT2D eigenvalue weighted by molar-refractivity contribution is 6.31. The highest BCUT2D eigenvalue weighted by Gasteiger charge is 2.51. The fourth-order valence-electron chi connectivity index (χ4n) is 4.23. The lowest BCUT2D eigenvalue weighted by atomic mass is 9.88. The third-order valence-electron chi connectivity index (χ3n) is 5.67. The van der Waals surface area contributed by atoms with Crippen molar-refractivity contribution in [3.8, 4) is 5.75 Å². The summed E-state index contributed by atoms with van der Waals surface area (Å²) in [6, 6.07) is 12.1. The van der Waals surface area contributed by atoms with E-state index in [1.807, 2.05) is 13.0 Å². The number of esters is 3. The zero-order valence-electron chi connectivity index (χ0n) is 20.0. The van der Waals surface area contributed by atoms with Crippen molar-refractivity contribution >= 4 is 29.5 Å². The minimum Gasteiger partial charge on any atom is -0.508 e. The average molecular weight is 505 g/mol. The van der Waals surface area contributed by atoms with Gasteiger partial charge in [-0.1, -0.05) is 42.8 Å². The van der Waals surface area contributed by atoms with Gasteiger partial charge in [0, 0.05) is 25.8 Å². The predicted octanol–water partition coefficient (Wildman–Crippen LogP) is 4.28. The predicted molar refractivity (Wildman–Crippen MR) is 127 cm³/mol. The molecule has 2 aromatic carbocycles. The SMILES string of the molecule is CC[C@H]1O[C@@H](c2ccc(Cl)c(Cc3ccc(O)cc3)c2)[C@H](OC(C)=O)[C@@H](OC(C)=O)[C@@H]1OC(C)=O. The Hall–Kier alpha value is -3.10. The van der Waals surface area contributed by atoms with Crippen LogP contribution in [0.15, 0.2) is 42.5 Å². The van der Waals surface area contributed by atoms with Gasteiger partial charge in [-0.25, -0.2) is 0 Å². The molecule has 0 amide bonds. The molecule has 1 aliphatic rings. The number of rotatable bonds is 7. The quantitative estimate of drug-likeness (QED) is 0.439. The van der Waals surface area contributed by atoms with Gasteiger partial charge in [-0.2, -0.15) is 0 Å². The number of hydrogen-bond acceptors (Lipinski definition) is 8. The zero-order valence-corrected chi connectivity index (χ0v) is 20.8. The lowest BCUT2D eigenvalue weighted by Crippen LogP contribution is -2.58. The maximum absolute atomic E-state index is 12.0. The molecule has 1 N–H and O–H groups in total. The van der Waals surface area contributed by atoms with E-state index in [1.165, 1.54) is 20.8 Å². The number of phenols is 1. The topological polar surface area (TPSA) is 108 Å². The first-order valence-electron chi connectivity index (χ1n) is 11.3. The van der Waals surface area contributed by atoms with Crippen LogP contribution in [0.2, 0.25) is 5.02 Å². The molecule has 5 atom stereocenters. The van der Waals surface area contributed by atoms with Crippen LogP contribution in [0.3, 0.4) is 0 Å². The maximum atomic E-state index is 12.0. The minimum absolute atomic E-state index is 0.165. The summed E-state index contributed by atoms with van der Waals surface area (Å²) < 4.78 is 22.9. The van der Waals surface area contributed by atoms with Gasteiger partial charge in [0.2, 0.25) is 0 Å². The first-order valence-corrected chi connectivity index (χ1v) is 11.7. The van der Waals surface area contributed by atoms with E-state index in [0.717, 1.165) is 11.1 Å². The number of benzene rings is 2. The molecule has 1 heterocycles. The molecule has 3 rings (SSSR count). The van der Waals surface area contributed by atoms with Gasteiger partial charge >= 0.3 is 17.9 Å². The van der Waals surface area contributed by atoms with E-state index in [1.54, 1.807) is 36.4 Å². The molecule has 188 valence electrons. The normalized spacial score (nSPS) is 23.9. The molecule has 9 heteroatoms. The Labute approximate surface area is 209 Å². The van der Waals surface area contributed by atoms with E-state index in [2.05, 4.69) is 0 Å². The molecule has 0 unspecified atom stereocenters. The summed E-state index contributed by atoms with van der Waals surface area (Å²) >= 11 is 6.47. The van der Waals surface area contributed by atoms with Crippen molar-refractivity contribution < 1.29 is 38.4 Å². The van der Waals surface area contributed by atoms with Gasteiger partial charge in [-0.3, -0.25) is 14.4 Å². The Bertz CT molecular complexity index is 1070. The summed E-state index contributed by atoms with van der Waals surface area (Å²) in [6.45, 7) is 5.58. The molecule has 0 aliphatic carbocycles. The molecular formula is C26H29ClO8. The summed E-state index contributed by atoms with van der Waals surface area (Å²) in [5.74, 6) is -1.62. The second kappa shape index (κ2) is 11.6. The first kappa shape index (κ1) is 26.5. The Morgan fingerprint density at radius 3 is 2.03 bits per heavy atom. The fraction of sp³-hybridized carbons (Fsp3) is 0.423. The highest BCUT2D eigenvalue weighted by atomic mass is 35.5. The van der Waals surface area contributed by atoms with Crippen LogP contribution < -0.4 is 0 Å². The average Bonchev–Trinajstić information content (AvgIpc) is 2.78. The summed E-state index contributed by atoms with van der Waals surface area (Å²) in [5.41, 5.74) is 2.38. The van der Waals surface area contributed by atoms with E-state index >= 15 is 0 Å². The molecule has 1 fully saturated rings. The third kappa shape index (κ3) is 6.74. The number of phenolic OH excluding ortho intramolecular Hbond substituents is 1. The lowest BCUT2D eigenvalue weighted by Gasteiger charge is -2.44. The van der Waals surface area contributed by atoms with Crippen molar-refractivity contribution in [1.29, 1.82) is 0 Å². The van der Waals surface area contributed by atoms with E-state index in [0.29, 0.717) is 23.4 Å². The first-order chi connectivity index (χ1) is 16.6. The largest absolute Gasteiger partial charge is 0.508 e. The Kier molecular flexibility index (Phi) is 8.75. The molecule has 0 bridgehead atoms. The van der Waals surface area contributed by atoms with Crippen molar-refractivity contribution in [2.75, 3.05) is 0 Å². The molecule has 2 aromatic rings. The van der Waals surface area contributed by atoms with Crippen LogP contribution in [0.5, 0.6) is 5.75 Å². The van der Waals surface area contributed by atoms with E-state index in [4.69, 9.17) is 30.5 Å². The molecule has 0 radical (unpaired) electrons. The van der Waals surface area contributed by atoms with Crippen molar-refractivity contribution in [3.63, 3.8) is 0 Å². The van der Waals surface area contributed by atoms with Gasteiger partial charge in [-0.15, -0.1) is 0 Å². The zero-order chi connectivity index (χ0) is 25.7. The number of aromatic hydroxyl groups is 1. The molecule has 35 heavy (non-hydrogen) atoms. The minimum atomic E-state index is -1.07. The number of hydrogen-bond donors (Lipinski definition) is 1. The smallest absolute Gasteiger partial charge is 0.303 e. The molecule has 1 aliphatic heterocycles. The van der Waals surface area contributed by atoms with Gasteiger partial charge in [0.25, 0.3) is 0 Å². The number of ether oxygens (including phenoxy) is 4. The fourth-order valence-corrected chi connectivity index (χ4v) is 4.42. The van der Waals surface area contributed by atoms with Crippen molar-refractivity contribution in [2.45, 2.75) is 71.1 Å².